The Morgan fingerprint density at radius 2 is 1.51 bits per heavy atom. The highest BCUT2D eigenvalue weighted by Crippen LogP contribution is 2.42. The van der Waals surface area contributed by atoms with Gasteiger partial charge in [-0.05, 0) is 72.4 Å². The SMILES string of the molecule is CCCCc1ccc(N2C(=O)C(=O)/C(=C(/O)c3ccc(OC)cc3)C2c2ccc(CC)cc2)cc1. The molecule has 180 valence electrons. The number of unbranched alkanes of at least 4 members (excludes halogenated alkanes) is 1. The Kier molecular flexibility index (Phi) is 7.35. The number of amides is 1. The largest absolute Gasteiger partial charge is 0.507 e. The molecular formula is C30H31NO4. The second kappa shape index (κ2) is 10.6. The molecule has 1 amide bonds. The third kappa shape index (κ3) is 4.85. The fourth-order valence-electron chi connectivity index (χ4n) is 4.46. The van der Waals surface area contributed by atoms with Crippen LogP contribution in [0.3, 0.4) is 0 Å². The molecule has 1 unspecified atom stereocenters. The van der Waals surface area contributed by atoms with Gasteiger partial charge in [0.15, 0.2) is 0 Å². The minimum absolute atomic E-state index is 0.0828. The molecule has 0 bridgehead atoms. The van der Waals surface area contributed by atoms with Crippen molar-refractivity contribution in [3.8, 4) is 5.75 Å². The van der Waals surface area contributed by atoms with Crippen molar-refractivity contribution in [1.29, 1.82) is 0 Å². The topological polar surface area (TPSA) is 66.8 Å². The van der Waals surface area contributed by atoms with Crippen LogP contribution >= 0.6 is 0 Å². The Morgan fingerprint density at radius 1 is 0.886 bits per heavy atom. The van der Waals surface area contributed by atoms with E-state index in [0.717, 1.165) is 36.8 Å². The van der Waals surface area contributed by atoms with Crippen molar-refractivity contribution in [2.45, 2.75) is 45.6 Å². The molecule has 5 nitrogen and oxygen atoms in total. The summed E-state index contributed by atoms with van der Waals surface area (Å²) in [4.78, 5) is 28.1. The number of hydrogen-bond acceptors (Lipinski definition) is 4. The van der Waals surface area contributed by atoms with Gasteiger partial charge in [0.1, 0.15) is 11.5 Å². The van der Waals surface area contributed by atoms with Crippen LogP contribution in [0, 0.1) is 0 Å². The molecule has 1 saturated heterocycles. The molecule has 1 heterocycles. The van der Waals surface area contributed by atoms with Gasteiger partial charge in [-0.1, -0.05) is 56.7 Å². The Hall–Kier alpha value is -3.86. The standard InChI is InChI=1S/C30H31NO4/c1-4-6-7-21-10-16-24(17-11-21)31-27(22-12-8-20(5-2)9-13-22)26(29(33)30(31)34)28(32)23-14-18-25(35-3)19-15-23/h8-19,27,32H,4-7H2,1-3H3/b28-26+. The maximum atomic E-state index is 13.3. The van der Waals surface area contributed by atoms with E-state index in [4.69, 9.17) is 4.74 Å². The zero-order valence-electron chi connectivity index (χ0n) is 20.5. The van der Waals surface area contributed by atoms with Crippen LogP contribution in [-0.2, 0) is 22.4 Å². The van der Waals surface area contributed by atoms with E-state index < -0.39 is 17.7 Å². The molecule has 3 aromatic rings. The van der Waals surface area contributed by atoms with Gasteiger partial charge in [-0.25, -0.2) is 0 Å². The van der Waals surface area contributed by atoms with Crippen molar-refractivity contribution in [3.63, 3.8) is 0 Å². The lowest BCUT2D eigenvalue weighted by Crippen LogP contribution is -2.29. The molecule has 35 heavy (non-hydrogen) atoms. The normalized spacial score (nSPS) is 17.1. The molecule has 1 aliphatic rings. The van der Waals surface area contributed by atoms with Crippen molar-refractivity contribution in [2.75, 3.05) is 12.0 Å². The monoisotopic (exact) mass is 469 g/mol. The molecule has 1 fully saturated rings. The number of anilines is 1. The summed E-state index contributed by atoms with van der Waals surface area (Å²) in [7, 11) is 1.56. The van der Waals surface area contributed by atoms with Gasteiger partial charge in [0.2, 0.25) is 0 Å². The Bertz CT molecular complexity index is 1220. The van der Waals surface area contributed by atoms with Crippen LogP contribution in [0.1, 0.15) is 55.0 Å². The van der Waals surface area contributed by atoms with Gasteiger partial charge in [-0.3, -0.25) is 14.5 Å². The van der Waals surface area contributed by atoms with Crippen LogP contribution in [0.2, 0.25) is 0 Å². The number of aryl methyl sites for hydroxylation is 2. The average molecular weight is 470 g/mol. The Balaban J connectivity index is 1.83. The van der Waals surface area contributed by atoms with E-state index in [1.807, 2.05) is 48.5 Å². The molecule has 0 saturated carbocycles. The predicted octanol–water partition coefficient (Wildman–Crippen LogP) is 6.23. The molecule has 1 aliphatic heterocycles. The second-order valence-electron chi connectivity index (χ2n) is 8.76. The second-order valence-corrected chi connectivity index (χ2v) is 8.76. The van der Waals surface area contributed by atoms with Crippen LogP contribution in [-0.4, -0.2) is 23.9 Å². The smallest absolute Gasteiger partial charge is 0.300 e. The van der Waals surface area contributed by atoms with E-state index in [1.165, 1.54) is 10.5 Å². The van der Waals surface area contributed by atoms with E-state index in [1.54, 1.807) is 31.4 Å². The highest BCUT2D eigenvalue weighted by Gasteiger charge is 2.46. The summed E-state index contributed by atoms with van der Waals surface area (Å²) < 4.78 is 5.21. The van der Waals surface area contributed by atoms with Gasteiger partial charge in [-0.2, -0.15) is 0 Å². The van der Waals surface area contributed by atoms with Gasteiger partial charge < -0.3 is 9.84 Å². The lowest BCUT2D eigenvalue weighted by molar-refractivity contribution is -0.132. The van der Waals surface area contributed by atoms with Crippen molar-refractivity contribution in [1.82, 2.24) is 0 Å². The van der Waals surface area contributed by atoms with Gasteiger partial charge in [0.25, 0.3) is 11.7 Å². The molecular weight excluding hydrogens is 438 g/mol. The molecule has 3 aromatic carbocycles. The molecule has 5 heteroatoms. The molecule has 0 aliphatic carbocycles. The number of aliphatic hydroxyl groups excluding tert-OH is 1. The van der Waals surface area contributed by atoms with Crippen molar-refractivity contribution < 1.29 is 19.4 Å². The molecule has 0 aromatic heterocycles. The molecule has 4 rings (SSSR count). The first-order chi connectivity index (χ1) is 17.0. The van der Waals surface area contributed by atoms with Gasteiger partial charge >= 0.3 is 0 Å². The number of benzene rings is 3. The molecule has 1 atom stereocenters. The summed E-state index contributed by atoms with van der Waals surface area (Å²) in [6, 6.07) is 21.7. The van der Waals surface area contributed by atoms with Crippen LogP contribution in [0.4, 0.5) is 5.69 Å². The number of rotatable bonds is 8. The quantitative estimate of drug-likeness (QED) is 0.241. The maximum Gasteiger partial charge on any atom is 0.300 e. The first-order valence-corrected chi connectivity index (χ1v) is 12.1. The number of carbonyl (C=O) groups excluding carboxylic acids is 2. The van der Waals surface area contributed by atoms with Crippen molar-refractivity contribution in [2.24, 2.45) is 0 Å². The first-order valence-electron chi connectivity index (χ1n) is 12.1. The summed E-state index contributed by atoms with van der Waals surface area (Å²) in [5.74, 6) is -0.904. The summed E-state index contributed by atoms with van der Waals surface area (Å²) in [6.07, 6.45) is 4.05. The number of hydrogen-bond donors (Lipinski definition) is 1. The van der Waals surface area contributed by atoms with E-state index >= 15 is 0 Å². The summed E-state index contributed by atoms with van der Waals surface area (Å²) >= 11 is 0. The minimum atomic E-state index is -0.732. The highest BCUT2D eigenvalue weighted by atomic mass is 16.5. The van der Waals surface area contributed by atoms with Gasteiger partial charge in [-0.15, -0.1) is 0 Å². The van der Waals surface area contributed by atoms with Crippen LogP contribution < -0.4 is 9.64 Å². The fourth-order valence-corrected chi connectivity index (χ4v) is 4.46. The third-order valence-electron chi connectivity index (χ3n) is 6.55. The van der Waals surface area contributed by atoms with Crippen LogP contribution in [0.5, 0.6) is 5.75 Å². The van der Waals surface area contributed by atoms with E-state index in [9.17, 15) is 14.7 Å². The summed E-state index contributed by atoms with van der Waals surface area (Å²) in [6.45, 7) is 4.23. The van der Waals surface area contributed by atoms with Gasteiger partial charge in [0.05, 0.1) is 18.7 Å². The van der Waals surface area contributed by atoms with Crippen molar-refractivity contribution >= 4 is 23.1 Å². The predicted molar refractivity (Wildman–Crippen MR) is 139 cm³/mol. The van der Waals surface area contributed by atoms with Gasteiger partial charge in [0, 0.05) is 11.3 Å². The Morgan fingerprint density at radius 3 is 2.09 bits per heavy atom. The van der Waals surface area contributed by atoms with E-state index in [0.29, 0.717) is 17.0 Å². The van der Waals surface area contributed by atoms with Crippen LogP contribution in [0.25, 0.3) is 5.76 Å². The average Bonchev–Trinajstić information content (AvgIpc) is 3.17. The number of ether oxygens (including phenoxy) is 1. The van der Waals surface area contributed by atoms with E-state index in [2.05, 4.69) is 13.8 Å². The number of carbonyl (C=O) groups is 2. The molecule has 0 spiro atoms. The lowest BCUT2D eigenvalue weighted by atomic mass is 9.94. The zero-order valence-corrected chi connectivity index (χ0v) is 20.5. The number of nitrogens with zero attached hydrogens (tertiary/aromatic N) is 1. The molecule has 0 radical (unpaired) electrons. The van der Waals surface area contributed by atoms with Crippen LogP contribution in [0.15, 0.2) is 78.4 Å². The number of ketones is 1. The fraction of sp³-hybridized carbons (Fsp3) is 0.267. The zero-order chi connectivity index (χ0) is 24.9. The Labute approximate surface area is 206 Å². The molecule has 1 N–H and O–H groups in total. The maximum absolute atomic E-state index is 13.3. The summed E-state index contributed by atoms with van der Waals surface area (Å²) in [5, 5.41) is 11.2. The lowest BCUT2D eigenvalue weighted by Gasteiger charge is -2.26. The van der Waals surface area contributed by atoms with E-state index in [-0.39, 0.29) is 11.3 Å². The third-order valence-corrected chi connectivity index (χ3v) is 6.55. The number of Topliss-reactive ketones (excluding diaryl/α,β-unsaturated/α-hetero) is 1. The summed E-state index contributed by atoms with van der Waals surface area (Å²) in [5.41, 5.74) is 4.28. The highest BCUT2D eigenvalue weighted by molar-refractivity contribution is 6.51. The van der Waals surface area contributed by atoms with Crippen molar-refractivity contribution in [3.05, 3.63) is 101 Å². The number of methoxy groups -OCH3 is 1. The first kappa shape index (κ1) is 24.3. The minimum Gasteiger partial charge on any atom is -0.507 e. The number of aliphatic hydroxyl groups is 1.